The zero-order valence-corrected chi connectivity index (χ0v) is 14.8. The van der Waals surface area contributed by atoms with E-state index in [1.165, 1.54) is 0 Å². The van der Waals surface area contributed by atoms with Crippen LogP contribution in [0.1, 0.15) is 41.1 Å². The highest BCUT2D eigenvalue weighted by atomic mass is 16.4. The van der Waals surface area contributed by atoms with Gasteiger partial charge in [-0.1, -0.05) is 60.7 Å². The van der Waals surface area contributed by atoms with Crippen molar-refractivity contribution in [1.29, 1.82) is 0 Å². The number of hydrogen-bond donors (Lipinski definition) is 2. The molecule has 3 rings (SSSR count). The molecule has 26 heavy (non-hydrogen) atoms. The summed E-state index contributed by atoms with van der Waals surface area (Å²) in [5, 5.41) is 13.0. The average Bonchev–Trinajstić information content (AvgIpc) is 3.12. The van der Waals surface area contributed by atoms with E-state index >= 15 is 0 Å². The topological polar surface area (TPSA) is 62.5 Å². The molecule has 1 unspecified atom stereocenters. The number of furan rings is 1. The van der Waals surface area contributed by atoms with Gasteiger partial charge in [-0.15, -0.1) is 0 Å². The van der Waals surface area contributed by atoms with Gasteiger partial charge in [0.2, 0.25) is 5.91 Å². The minimum Gasteiger partial charge on any atom is -0.464 e. The van der Waals surface area contributed by atoms with Gasteiger partial charge < -0.3 is 14.8 Å². The molecule has 4 heteroatoms. The summed E-state index contributed by atoms with van der Waals surface area (Å²) in [6, 6.07) is 23.5. The number of amides is 1. The van der Waals surface area contributed by atoms with E-state index in [-0.39, 0.29) is 18.4 Å². The fourth-order valence-corrected chi connectivity index (χ4v) is 3.00. The number of carbonyl (C=O) groups is 1. The lowest BCUT2D eigenvalue weighted by atomic mass is 9.88. The van der Waals surface area contributed by atoms with Crippen molar-refractivity contribution in [3.63, 3.8) is 0 Å². The lowest BCUT2D eigenvalue weighted by Gasteiger charge is -2.18. The molecule has 0 aliphatic carbocycles. The van der Waals surface area contributed by atoms with Crippen molar-refractivity contribution in [1.82, 2.24) is 5.32 Å². The van der Waals surface area contributed by atoms with Crippen LogP contribution in [0.5, 0.6) is 0 Å². The van der Waals surface area contributed by atoms with Crippen LogP contribution in [0.2, 0.25) is 0 Å². The third-order valence-corrected chi connectivity index (χ3v) is 4.38. The Hall–Kier alpha value is -2.85. The van der Waals surface area contributed by atoms with E-state index < -0.39 is 6.10 Å². The van der Waals surface area contributed by atoms with E-state index in [9.17, 15) is 9.90 Å². The number of carbonyl (C=O) groups excluding carboxylic acids is 1. The molecular weight excluding hydrogens is 326 g/mol. The second kappa shape index (κ2) is 8.50. The molecule has 3 aromatic rings. The third-order valence-electron chi connectivity index (χ3n) is 4.38. The number of aryl methyl sites for hydroxylation is 1. The van der Waals surface area contributed by atoms with Gasteiger partial charge in [-0.25, -0.2) is 0 Å². The normalized spacial score (nSPS) is 12.1. The van der Waals surface area contributed by atoms with Gasteiger partial charge >= 0.3 is 0 Å². The zero-order chi connectivity index (χ0) is 18.4. The van der Waals surface area contributed by atoms with Gasteiger partial charge in [0.25, 0.3) is 0 Å². The highest BCUT2D eigenvalue weighted by Crippen LogP contribution is 2.27. The first-order valence-corrected chi connectivity index (χ1v) is 8.74. The van der Waals surface area contributed by atoms with Crippen LogP contribution in [0.4, 0.5) is 0 Å². The zero-order valence-electron chi connectivity index (χ0n) is 14.8. The summed E-state index contributed by atoms with van der Waals surface area (Å²) in [7, 11) is 0. The highest BCUT2D eigenvalue weighted by Gasteiger charge is 2.19. The fraction of sp³-hybridized carbons (Fsp3) is 0.227. The van der Waals surface area contributed by atoms with Crippen molar-refractivity contribution in [3.8, 4) is 0 Å². The third kappa shape index (κ3) is 4.61. The summed E-state index contributed by atoms with van der Waals surface area (Å²) in [6.45, 7) is 1.95. The Morgan fingerprint density at radius 3 is 2.04 bits per heavy atom. The molecule has 0 radical (unpaired) electrons. The Morgan fingerprint density at radius 2 is 1.54 bits per heavy atom. The van der Waals surface area contributed by atoms with E-state index in [0.717, 1.165) is 16.9 Å². The summed E-state index contributed by atoms with van der Waals surface area (Å²) in [5.41, 5.74) is 2.19. The molecule has 0 bridgehead atoms. The van der Waals surface area contributed by atoms with Crippen molar-refractivity contribution in [2.45, 2.75) is 25.4 Å². The molecule has 0 aliphatic heterocycles. The van der Waals surface area contributed by atoms with Gasteiger partial charge in [0.15, 0.2) is 0 Å². The van der Waals surface area contributed by atoms with Crippen molar-refractivity contribution in [3.05, 3.63) is 95.4 Å². The fourth-order valence-electron chi connectivity index (χ4n) is 3.00. The van der Waals surface area contributed by atoms with E-state index in [4.69, 9.17) is 4.42 Å². The Morgan fingerprint density at radius 1 is 0.962 bits per heavy atom. The molecule has 1 amide bonds. The van der Waals surface area contributed by atoms with Crippen LogP contribution in [0.15, 0.2) is 77.2 Å². The molecule has 0 saturated heterocycles. The van der Waals surface area contributed by atoms with Crippen LogP contribution in [-0.4, -0.2) is 17.6 Å². The molecule has 1 heterocycles. The first-order valence-electron chi connectivity index (χ1n) is 8.74. The monoisotopic (exact) mass is 349 g/mol. The smallest absolute Gasteiger partial charge is 0.221 e. The van der Waals surface area contributed by atoms with Gasteiger partial charge in [-0.2, -0.15) is 0 Å². The highest BCUT2D eigenvalue weighted by molar-refractivity contribution is 5.77. The van der Waals surface area contributed by atoms with Gasteiger partial charge in [0.05, 0.1) is 6.54 Å². The predicted molar refractivity (Wildman–Crippen MR) is 101 cm³/mol. The SMILES string of the molecule is Cc1ccc(C(O)CNC(=O)CC(c2ccccc2)c2ccccc2)o1. The van der Waals surface area contributed by atoms with Crippen LogP contribution in [0, 0.1) is 6.92 Å². The molecule has 0 fully saturated rings. The Balaban J connectivity index is 1.66. The van der Waals surface area contributed by atoms with Crippen molar-refractivity contribution in [2.24, 2.45) is 0 Å². The second-order valence-corrected chi connectivity index (χ2v) is 6.35. The van der Waals surface area contributed by atoms with Crippen molar-refractivity contribution in [2.75, 3.05) is 6.54 Å². The lowest BCUT2D eigenvalue weighted by molar-refractivity contribution is -0.121. The summed E-state index contributed by atoms with van der Waals surface area (Å²) < 4.78 is 5.40. The molecule has 134 valence electrons. The van der Waals surface area contributed by atoms with Gasteiger partial charge in [-0.05, 0) is 30.2 Å². The maximum Gasteiger partial charge on any atom is 0.221 e. The number of hydrogen-bond acceptors (Lipinski definition) is 3. The molecule has 1 aromatic heterocycles. The number of aliphatic hydroxyl groups is 1. The molecule has 2 aromatic carbocycles. The predicted octanol–water partition coefficient (Wildman–Crippen LogP) is 3.96. The number of aliphatic hydroxyl groups excluding tert-OH is 1. The Labute approximate surface area is 153 Å². The molecule has 0 aliphatic rings. The van der Waals surface area contributed by atoms with Crippen molar-refractivity contribution < 1.29 is 14.3 Å². The van der Waals surface area contributed by atoms with Crippen molar-refractivity contribution >= 4 is 5.91 Å². The van der Waals surface area contributed by atoms with E-state index in [0.29, 0.717) is 12.2 Å². The van der Waals surface area contributed by atoms with Gasteiger partial charge in [0.1, 0.15) is 17.6 Å². The molecule has 2 N–H and O–H groups in total. The minimum absolute atomic E-state index is 0.0274. The van der Waals surface area contributed by atoms with Crippen LogP contribution >= 0.6 is 0 Å². The maximum atomic E-state index is 12.5. The first-order chi connectivity index (χ1) is 12.6. The summed E-state index contributed by atoms with van der Waals surface area (Å²) >= 11 is 0. The Bertz CT molecular complexity index is 787. The minimum atomic E-state index is -0.848. The van der Waals surface area contributed by atoms with Crippen LogP contribution in [0.3, 0.4) is 0 Å². The largest absolute Gasteiger partial charge is 0.464 e. The number of nitrogens with one attached hydrogen (secondary N) is 1. The quantitative estimate of drug-likeness (QED) is 0.679. The molecule has 4 nitrogen and oxygen atoms in total. The Kier molecular flexibility index (Phi) is 5.87. The summed E-state index contributed by atoms with van der Waals surface area (Å²) in [4.78, 5) is 12.5. The molecular formula is C22H23NO3. The van der Waals surface area contributed by atoms with Gasteiger partial charge in [-0.3, -0.25) is 4.79 Å². The first kappa shape index (κ1) is 18.0. The van der Waals surface area contributed by atoms with E-state index in [2.05, 4.69) is 5.32 Å². The van der Waals surface area contributed by atoms with Crippen LogP contribution in [0.25, 0.3) is 0 Å². The number of rotatable bonds is 7. The molecule has 0 spiro atoms. The summed E-state index contributed by atoms with van der Waals surface area (Å²) in [6.07, 6.45) is -0.530. The van der Waals surface area contributed by atoms with Crippen LogP contribution in [-0.2, 0) is 4.79 Å². The summed E-state index contributed by atoms with van der Waals surface area (Å²) in [5.74, 6) is 1.06. The second-order valence-electron chi connectivity index (χ2n) is 6.35. The molecule has 1 atom stereocenters. The van der Waals surface area contributed by atoms with E-state index in [1.807, 2.05) is 67.6 Å². The van der Waals surface area contributed by atoms with Gasteiger partial charge in [0, 0.05) is 12.3 Å². The molecule has 0 saturated carbocycles. The number of benzene rings is 2. The van der Waals surface area contributed by atoms with E-state index in [1.54, 1.807) is 12.1 Å². The lowest BCUT2D eigenvalue weighted by Crippen LogP contribution is -2.29. The average molecular weight is 349 g/mol. The van der Waals surface area contributed by atoms with Crippen LogP contribution < -0.4 is 5.32 Å². The standard InChI is InChI=1S/C22H23NO3/c1-16-12-13-21(26-16)20(24)15-23-22(25)14-19(17-8-4-2-5-9-17)18-10-6-3-7-11-18/h2-13,19-20,24H,14-15H2,1H3,(H,23,25). The maximum absolute atomic E-state index is 12.5.